The molecule has 2 atom stereocenters. The van der Waals surface area contributed by atoms with Crippen molar-refractivity contribution in [1.29, 1.82) is 0 Å². The predicted molar refractivity (Wildman–Crippen MR) is 143 cm³/mol. The molecule has 1 fully saturated rings. The summed E-state index contributed by atoms with van der Waals surface area (Å²) in [5, 5.41) is 10.3. The van der Waals surface area contributed by atoms with Gasteiger partial charge in [0, 0.05) is 22.3 Å². The Balaban J connectivity index is 1.68. The summed E-state index contributed by atoms with van der Waals surface area (Å²) in [5.41, 5.74) is 1.17. The Morgan fingerprint density at radius 2 is 1.86 bits per heavy atom. The van der Waals surface area contributed by atoms with Crippen LogP contribution in [-0.2, 0) is 16.0 Å². The molecule has 4 rings (SSSR count). The molecule has 5 nitrogen and oxygen atoms in total. The Morgan fingerprint density at radius 1 is 1.14 bits per heavy atom. The maximum absolute atomic E-state index is 14.9. The van der Waals surface area contributed by atoms with Crippen LogP contribution in [0.2, 0.25) is 10.0 Å². The fourth-order valence-electron chi connectivity index (χ4n) is 5.76. The van der Waals surface area contributed by atoms with Gasteiger partial charge in [-0.3, -0.25) is 14.9 Å². The molecule has 3 N–H and O–H groups in total. The maximum atomic E-state index is 14.9. The van der Waals surface area contributed by atoms with Crippen LogP contribution in [0.15, 0.2) is 36.4 Å². The monoisotopic (exact) mass is 533 g/mol. The van der Waals surface area contributed by atoms with E-state index in [-0.39, 0.29) is 29.3 Å². The van der Waals surface area contributed by atoms with Crippen LogP contribution in [0.5, 0.6) is 0 Å². The minimum absolute atomic E-state index is 0.0251. The van der Waals surface area contributed by atoms with Crippen molar-refractivity contribution in [2.75, 3.05) is 5.32 Å². The minimum atomic E-state index is -0.746. The average molecular weight is 535 g/mol. The molecular formula is C28H34Cl2FN3O2. The van der Waals surface area contributed by atoms with Gasteiger partial charge < -0.3 is 10.6 Å². The van der Waals surface area contributed by atoms with Crippen LogP contribution in [-0.4, -0.2) is 29.4 Å². The summed E-state index contributed by atoms with van der Waals surface area (Å²) < 4.78 is 14.9. The molecule has 0 saturated heterocycles. The zero-order chi connectivity index (χ0) is 25.9. The van der Waals surface area contributed by atoms with E-state index in [1.54, 1.807) is 24.3 Å². The van der Waals surface area contributed by atoms with E-state index in [4.69, 9.17) is 23.2 Å². The first-order chi connectivity index (χ1) is 17.3. The molecule has 0 aromatic heterocycles. The summed E-state index contributed by atoms with van der Waals surface area (Å²) in [6.07, 6.45) is 6.53. The number of benzene rings is 2. The smallest absolute Gasteiger partial charge is 0.237 e. The molecular weight excluding hydrogens is 500 g/mol. The molecule has 1 heterocycles. The number of hydrogen-bond acceptors (Lipinski definition) is 3. The predicted octanol–water partition coefficient (Wildman–Crippen LogP) is 6.38. The highest BCUT2D eigenvalue weighted by molar-refractivity contribution is 6.31. The molecule has 0 bridgehead atoms. The van der Waals surface area contributed by atoms with Crippen molar-refractivity contribution in [3.05, 3.63) is 63.4 Å². The summed E-state index contributed by atoms with van der Waals surface area (Å²) in [5.74, 6) is -1.35. The lowest BCUT2D eigenvalue weighted by Crippen LogP contribution is -2.60. The summed E-state index contributed by atoms with van der Waals surface area (Å²) in [4.78, 5) is 26.9. The normalized spacial score (nSPS) is 19.0. The van der Waals surface area contributed by atoms with Gasteiger partial charge in [-0.2, -0.15) is 0 Å². The van der Waals surface area contributed by atoms with Crippen LogP contribution < -0.4 is 16.0 Å². The average Bonchev–Trinajstić information content (AvgIpc) is 3.20. The number of carbonyl (C=O) groups is 2. The van der Waals surface area contributed by atoms with Gasteiger partial charge in [0.1, 0.15) is 5.82 Å². The van der Waals surface area contributed by atoms with E-state index in [1.165, 1.54) is 12.5 Å². The molecule has 2 aromatic rings. The first-order valence-electron chi connectivity index (χ1n) is 12.9. The molecule has 1 aliphatic carbocycles. The van der Waals surface area contributed by atoms with Crippen molar-refractivity contribution in [2.24, 2.45) is 0 Å². The van der Waals surface area contributed by atoms with Gasteiger partial charge in [-0.1, -0.05) is 74.5 Å². The number of nitrogens with one attached hydrogen (secondary N) is 3. The van der Waals surface area contributed by atoms with Crippen molar-refractivity contribution >= 4 is 40.7 Å². The second-order valence-electron chi connectivity index (χ2n) is 9.97. The van der Waals surface area contributed by atoms with Crippen LogP contribution in [0.25, 0.3) is 0 Å². The zero-order valence-electron chi connectivity index (χ0n) is 20.8. The Kier molecular flexibility index (Phi) is 8.59. The van der Waals surface area contributed by atoms with E-state index in [0.717, 1.165) is 31.2 Å². The van der Waals surface area contributed by atoms with Crippen LogP contribution in [0, 0.1) is 5.82 Å². The third kappa shape index (κ3) is 5.56. The standard InChI is InChI=1S/C28H34Cl2FN3O2/c1-3-28(4-2,24-20-14-13-18(29)16-22(20)33-27(24)36)34-23(15-17-9-8-12-21(30)25(17)31)26(35)32-19-10-6-5-7-11-19/h8-9,12-14,16,19,23-24,34H,3-7,10-11,15H2,1-2H3,(H,32,35)(H,33,36). The summed E-state index contributed by atoms with van der Waals surface area (Å²) in [6.45, 7) is 4.02. The molecule has 2 aliphatic rings. The largest absolute Gasteiger partial charge is 0.352 e. The minimum Gasteiger partial charge on any atom is -0.352 e. The Bertz CT molecular complexity index is 1120. The molecule has 2 amide bonds. The SMILES string of the molecule is CCC(CC)(NC(Cc1cccc(Cl)c1F)C(=O)NC1CCCCC1)C1C(=O)Nc2cc(Cl)ccc21. The lowest BCUT2D eigenvalue weighted by molar-refractivity contribution is -0.126. The molecule has 2 unspecified atom stereocenters. The van der Waals surface area contributed by atoms with E-state index in [0.29, 0.717) is 29.1 Å². The van der Waals surface area contributed by atoms with Crippen molar-refractivity contribution in [2.45, 2.75) is 88.8 Å². The molecule has 0 spiro atoms. The second-order valence-corrected chi connectivity index (χ2v) is 10.8. The van der Waals surface area contributed by atoms with Gasteiger partial charge >= 0.3 is 0 Å². The molecule has 2 aromatic carbocycles. The molecule has 1 saturated carbocycles. The van der Waals surface area contributed by atoms with Crippen LogP contribution in [0.1, 0.15) is 75.8 Å². The van der Waals surface area contributed by atoms with E-state index in [1.807, 2.05) is 19.9 Å². The van der Waals surface area contributed by atoms with Crippen molar-refractivity contribution in [3.8, 4) is 0 Å². The molecule has 194 valence electrons. The second kappa shape index (κ2) is 11.5. The van der Waals surface area contributed by atoms with Crippen LogP contribution in [0.3, 0.4) is 0 Å². The molecule has 0 radical (unpaired) electrons. The van der Waals surface area contributed by atoms with E-state index in [9.17, 15) is 14.0 Å². The number of fused-ring (bicyclic) bond motifs is 1. The van der Waals surface area contributed by atoms with Gasteiger partial charge in [0.2, 0.25) is 11.8 Å². The van der Waals surface area contributed by atoms with Gasteiger partial charge in [-0.05, 0) is 61.4 Å². The number of anilines is 1. The van der Waals surface area contributed by atoms with Gasteiger partial charge in [-0.25, -0.2) is 4.39 Å². The lowest BCUT2D eigenvalue weighted by Gasteiger charge is -2.41. The number of rotatable bonds is 9. The number of amides is 2. The molecule has 8 heteroatoms. The van der Waals surface area contributed by atoms with E-state index < -0.39 is 23.3 Å². The fraction of sp³-hybridized carbons (Fsp3) is 0.500. The fourth-order valence-corrected chi connectivity index (χ4v) is 6.13. The number of halogens is 3. The highest BCUT2D eigenvalue weighted by atomic mass is 35.5. The highest BCUT2D eigenvalue weighted by Gasteiger charge is 2.47. The first-order valence-corrected chi connectivity index (χ1v) is 13.6. The van der Waals surface area contributed by atoms with Gasteiger partial charge in [-0.15, -0.1) is 0 Å². The number of carbonyl (C=O) groups excluding carboxylic acids is 2. The maximum Gasteiger partial charge on any atom is 0.237 e. The number of hydrogen-bond donors (Lipinski definition) is 3. The summed E-state index contributed by atoms with van der Waals surface area (Å²) in [7, 11) is 0. The molecule has 1 aliphatic heterocycles. The Morgan fingerprint density at radius 3 is 2.56 bits per heavy atom. The van der Waals surface area contributed by atoms with Crippen LogP contribution >= 0.6 is 23.2 Å². The van der Waals surface area contributed by atoms with Gasteiger partial charge in [0.25, 0.3) is 0 Å². The van der Waals surface area contributed by atoms with Crippen molar-refractivity contribution in [3.63, 3.8) is 0 Å². The van der Waals surface area contributed by atoms with Crippen LogP contribution in [0.4, 0.5) is 10.1 Å². The van der Waals surface area contributed by atoms with Gasteiger partial charge in [0.15, 0.2) is 0 Å². The topological polar surface area (TPSA) is 70.2 Å². The van der Waals surface area contributed by atoms with Crippen molar-refractivity contribution < 1.29 is 14.0 Å². The zero-order valence-corrected chi connectivity index (χ0v) is 22.3. The van der Waals surface area contributed by atoms with Crippen molar-refractivity contribution in [1.82, 2.24) is 10.6 Å². The van der Waals surface area contributed by atoms with E-state index >= 15 is 0 Å². The summed E-state index contributed by atoms with van der Waals surface area (Å²) >= 11 is 12.2. The molecule has 36 heavy (non-hydrogen) atoms. The Hall–Kier alpha value is -2.15. The third-order valence-electron chi connectivity index (χ3n) is 7.85. The summed E-state index contributed by atoms with van der Waals surface area (Å²) in [6, 6.07) is 9.60. The first kappa shape index (κ1) is 26.9. The van der Waals surface area contributed by atoms with E-state index in [2.05, 4.69) is 16.0 Å². The quantitative estimate of drug-likeness (QED) is 0.350. The lowest BCUT2D eigenvalue weighted by atomic mass is 9.75. The Labute approximate surface area is 222 Å². The third-order valence-corrected chi connectivity index (χ3v) is 8.37. The van der Waals surface area contributed by atoms with Gasteiger partial charge in [0.05, 0.1) is 17.0 Å². The highest BCUT2D eigenvalue weighted by Crippen LogP contribution is 2.44.